The molecular formula is C11H8N2O2. The number of rotatable bonds is 0. The molecule has 0 unspecified atom stereocenters. The van der Waals surface area contributed by atoms with Gasteiger partial charge in [0, 0.05) is 17.5 Å². The molecule has 0 aliphatic carbocycles. The number of aromatic nitrogens is 2. The Morgan fingerprint density at radius 2 is 2.00 bits per heavy atom. The van der Waals surface area contributed by atoms with E-state index in [2.05, 4.69) is 4.98 Å². The van der Waals surface area contributed by atoms with Crippen LogP contribution in [-0.4, -0.2) is 15.3 Å². The lowest BCUT2D eigenvalue weighted by Crippen LogP contribution is -2.23. The van der Waals surface area contributed by atoms with Gasteiger partial charge in [-0.05, 0) is 6.07 Å². The summed E-state index contributed by atoms with van der Waals surface area (Å²) in [6.07, 6.45) is 0.346. The van der Waals surface area contributed by atoms with Crippen LogP contribution >= 0.6 is 0 Å². The Morgan fingerprint density at radius 3 is 2.87 bits per heavy atom. The molecule has 74 valence electrons. The smallest absolute Gasteiger partial charge is 0.297 e. The fourth-order valence-electron chi connectivity index (χ4n) is 2.01. The minimum atomic E-state index is -0.324. The maximum absolute atomic E-state index is 11.6. The van der Waals surface area contributed by atoms with Crippen LogP contribution in [0.25, 0.3) is 10.9 Å². The van der Waals surface area contributed by atoms with E-state index in [-0.39, 0.29) is 18.0 Å². The van der Waals surface area contributed by atoms with Gasteiger partial charge in [0.05, 0.1) is 12.1 Å². The lowest BCUT2D eigenvalue weighted by molar-refractivity contribution is -0.117. The molecule has 4 heteroatoms. The molecule has 0 radical (unpaired) electrons. The van der Waals surface area contributed by atoms with E-state index in [4.69, 9.17) is 0 Å². The van der Waals surface area contributed by atoms with Crippen molar-refractivity contribution >= 4 is 16.7 Å². The topological polar surface area (TPSA) is 52.0 Å². The molecule has 15 heavy (non-hydrogen) atoms. The molecule has 0 fully saturated rings. The number of fused-ring (bicyclic) bond motifs is 3. The summed E-state index contributed by atoms with van der Waals surface area (Å²) in [4.78, 5) is 26.8. The molecule has 4 nitrogen and oxygen atoms in total. The van der Waals surface area contributed by atoms with Gasteiger partial charge < -0.3 is 0 Å². The Bertz CT molecular complexity index is 628. The average Bonchev–Trinajstić information content (AvgIpc) is 2.61. The highest BCUT2D eigenvalue weighted by Crippen LogP contribution is 2.19. The third kappa shape index (κ3) is 1.11. The predicted octanol–water partition coefficient (Wildman–Crippen LogP) is 0.522. The standard InChI is InChI=1S/C11H8N2O2/c14-7-5-10-8-3-1-2-4-9(8)12-11(15)13(10)6-7/h1-4H,5-6H2. The van der Waals surface area contributed by atoms with Crippen LogP contribution in [0, 0.1) is 0 Å². The summed E-state index contributed by atoms with van der Waals surface area (Å²) >= 11 is 0. The summed E-state index contributed by atoms with van der Waals surface area (Å²) in [6.45, 7) is 0.173. The summed E-state index contributed by atoms with van der Waals surface area (Å²) in [5.74, 6) is 0.0743. The van der Waals surface area contributed by atoms with E-state index in [1.54, 1.807) is 6.07 Å². The Morgan fingerprint density at radius 1 is 1.20 bits per heavy atom. The monoisotopic (exact) mass is 200 g/mol. The number of ketones is 1. The number of Topliss-reactive ketones (excluding diaryl/α,β-unsaturated/α-hetero) is 1. The molecule has 1 aromatic heterocycles. The number of nitrogens with zero attached hydrogens (tertiary/aromatic N) is 2. The van der Waals surface area contributed by atoms with Crippen molar-refractivity contribution < 1.29 is 4.79 Å². The molecule has 0 atom stereocenters. The van der Waals surface area contributed by atoms with E-state index >= 15 is 0 Å². The van der Waals surface area contributed by atoms with Crippen molar-refractivity contribution in [1.82, 2.24) is 9.55 Å². The average molecular weight is 200 g/mol. The number of hydrogen-bond acceptors (Lipinski definition) is 3. The minimum absolute atomic E-state index is 0.0743. The van der Waals surface area contributed by atoms with Crippen LogP contribution in [0.1, 0.15) is 5.69 Å². The molecule has 0 N–H and O–H groups in total. The summed E-state index contributed by atoms with van der Waals surface area (Å²) in [5.41, 5.74) is 1.15. The Labute approximate surface area is 85.2 Å². The normalized spacial score (nSPS) is 14.5. The number of carbonyl (C=O) groups is 1. The second-order valence-electron chi connectivity index (χ2n) is 3.66. The summed E-state index contributed by atoms with van der Waals surface area (Å²) in [5, 5.41) is 0.906. The van der Waals surface area contributed by atoms with Crippen LogP contribution < -0.4 is 5.69 Å². The lowest BCUT2D eigenvalue weighted by Gasteiger charge is -2.04. The predicted molar refractivity (Wildman–Crippen MR) is 54.7 cm³/mol. The zero-order valence-electron chi connectivity index (χ0n) is 7.93. The zero-order chi connectivity index (χ0) is 10.4. The molecule has 0 amide bonds. The molecule has 0 bridgehead atoms. The van der Waals surface area contributed by atoms with Gasteiger partial charge in [-0.25, -0.2) is 4.79 Å². The highest BCUT2D eigenvalue weighted by molar-refractivity contribution is 5.90. The number of carbonyl (C=O) groups excluding carboxylic acids is 1. The zero-order valence-corrected chi connectivity index (χ0v) is 7.93. The first kappa shape index (κ1) is 8.35. The van der Waals surface area contributed by atoms with E-state index in [0.29, 0.717) is 11.9 Å². The van der Waals surface area contributed by atoms with Gasteiger partial charge in [0.15, 0.2) is 5.78 Å². The Balaban J connectivity index is 2.48. The maximum Gasteiger partial charge on any atom is 0.348 e. The van der Waals surface area contributed by atoms with Gasteiger partial charge in [0.25, 0.3) is 0 Å². The van der Waals surface area contributed by atoms with Gasteiger partial charge in [-0.3, -0.25) is 9.36 Å². The molecule has 1 aliphatic heterocycles. The van der Waals surface area contributed by atoms with Gasteiger partial charge in [-0.15, -0.1) is 0 Å². The van der Waals surface area contributed by atoms with Gasteiger partial charge >= 0.3 is 5.69 Å². The molecule has 0 saturated heterocycles. The molecular weight excluding hydrogens is 192 g/mol. The van der Waals surface area contributed by atoms with Crippen molar-refractivity contribution in [2.75, 3.05) is 0 Å². The van der Waals surface area contributed by atoms with Crippen molar-refractivity contribution in [1.29, 1.82) is 0 Å². The highest BCUT2D eigenvalue weighted by atomic mass is 16.2. The highest BCUT2D eigenvalue weighted by Gasteiger charge is 2.21. The van der Waals surface area contributed by atoms with Gasteiger partial charge in [-0.2, -0.15) is 4.98 Å². The molecule has 1 aromatic carbocycles. The van der Waals surface area contributed by atoms with Crippen LogP contribution in [0.15, 0.2) is 29.1 Å². The first-order chi connectivity index (χ1) is 7.25. The first-order valence-electron chi connectivity index (χ1n) is 4.76. The fraction of sp³-hybridized carbons (Fsp3) is 0.182. The lowest BCUT2D eigenvalue weighted by atomic mass is 10.1. The second-order valence-corrected chi connectivity index (χ2v) is 3.66. The van der Waals surface area contributed by atoms with Crippen molar-refractivity contribution in [3.05, 3.63) is 40.4 Å². The Hall–Kier alpha value is -1.97. The van der Waals surface area contributed by atoms with Gasteiger partial charge in [0.2, 0.25) is 0 Å². The fourth-order valence-corrected chi connectivity index (χ4v) is 2.01. The van der Waals surface area contributed by atoms with Crippen LogP contribution in [0.3, 0.4) is 0 Å². The Kier molecular flexibility index (Phi) is 1.54. The van der Waals surface area contributed by atoms with E-state index in [9.17, 15) is 9.59 Å². The van der Waals surface area contributed by atoms with Crippen LogP contribution in [0.4, 0.5) is 0 Å². The van der Waals surface area contributed by atoms with Crippen molar-refractivity contribution in [3.8, 4) is 0 Å². The third-order valence-corrected chi connectivity index (χ3v) is 2.69. The van der Waals surface area contributed by atoms with Gasteiger partial charge in [0.1, 0.15) is 0 Å². The van der Waals surface area contributed by atoms with E-state index in [1.165, 1.54) is 4.57 Å². The molecule has 1 aliphatic rings. The van der Waals surface area contributed by atoms with E-state index in [1.807, 2.05) is 18.2 Å². The van der Waals surface area contributed by atoms with Crippen molar-refractivity contribution in [2.24, 2.45) is 0 Å². The first-order valence-corrected chi connectivity index (χ1v) is 4.76. The summed E-state index contributed by atoms with van der Waals surface area (Å²) in [7, 11) is 0. The molecule has 0 spiro atoms. The maximum atomic E-state index is 11.6. The van der Waals surface area contributed by atoms with E-state index < -0.39 is 0 Å². The molecule has 3 rings (SSSR count). The van der Waals surface area contributed by atoms with Crippen LogP contribution in [0.2, 0.25) is 0 Å². The number of para-hydroxylation sites is 1. The molecule has 2 aromatic rings. The van der Waals surface area contributed by atoms with Crippen molar-refractivity contribution in [2.45, 2.75) is 13.0 Å². The SMILES string of the molecule is O=C1Cc2c3ccccc3nc(=O)n2C1. The molecule has 2 heterocycles. The van der Waals surface area contributed by atoms with E-state index in [0.717, 1.165) is 11.1 Å². The number of benzene rings is 1. The quantitative estimate of drug-likeness (QED) is 0.623. The molecule has 0 saturated carbocycles. The van der Waals surface area contributed by atoms with Gasteiger partial charge in [-0.1, -0.05) is 18.2 Å². The largest absolute Gasteiger partial charge is 0.348 e. The van der Waals surface area contributed by atoms with Crippen LogP contribution in [0.5, 0.6) is 0 Å². The second kappa shape index (κ2) is 2.76. The summed E-state index contributed by atoms with van der Waals surface area (Å²) < 4.78 is 1.46. The van der Waals surface area contributed by atoms with Crippen molar-refractivity contribution in [3.63, 3.8) is 0 Å². The minimum Gasteiger partial charge on any atom is -0.297 e. The number of hydrogen-bond donors (Lipinski definition) is 0. The van der Waals surface area contributed by atoms with Crippen LogP contribution in [-0.2, 0) is 17.8 Å². The third-order valence-electron chi connectivity index (χ3n) is 2.69. The summed E-state index contributed by atoms with van der Waals surface area (Å²) in [6, 6.07) is 7.41.